The summed E-state index contributed by atoms with van der Waals surface area (Å²) in [6.45, 7) is 2.71. The summed E-state index contributed by atoms with van der Waals surface area (Å²) in [5, 5.41) is 5.54. The lowest BCUT2D eigenvalue weighted by Crippen LogP contribution is -2.31. The highest BCUT2D eigenvalue weighted by molar-refractivity contribution is 7.98. The van der Waals surface area contributed by atoms with Crippen LogP contribution in [-0.4, -0.2) is 38.7 Å². The number of imidazole rings is 1. The molecule has 0 bridgehead atoms. The van der Waals surface area contributed by atoms with Gasteiger partial charge >= 0.3 is 5.69 Å². The Hall–Kier alpha value is -3.44. The average molecular weight is 469 g/mol. The standard InChI is InChI=1S/C20H17ClN8O2S/c1-2-27-14(11-32-19-25-18-22-8-3-9-29(18)26-19)23-16-15(27)17(30)24-20(31)28(16)10-12-4-6-13(21)7-5-12/h3-9H,2,10-11H2,1H3,(H,24,30,31). The fourth-order valence-electron chi connectivity index (χ4n) is 3.49. The number of nitrogens with one attached hydrogen (secondary N) is 1. The van der Waals surface area contributed by atoms with Crippen LogP contribution in [0.1, 0.15) is 18.3 Å². The SMILES string of the molecule is CCn1c(CSc2nc3ncccn3n2)nc2c1c(=O)[nH]c(=O)n2Cc1ccc(Cl)cc1. The van der Waals surface area contributed by atoms with E-state index in [2.05, 4.69) is 25.0 Å². The van der Waals surface area contributed by atoms with Gasteiger partial charge in [0.05, 0.1) is 12.3 Å². The number of hydrogen-bond acceptors (Lipinski definition) is 7. The summed E-state index contributed by atoms with van der Waals surface area (Å²) in [5.41, 5.74) is 0.605. The number of H-pyrrole nitrogens is 1. The maximum atomic E-state index is 12.6. The highest BCUT2D eigenvalue weighted by atomic mass is 35.5. The molecule has 0 spiro atoms. The minimum Gasteiger partial charge on any atom is -0.322 e. The fraction of sp³-hybridized carbons (Fsp3) is 0.200. The zero-order valence-corrected chi connectivity index (χ0v) is 18.5. The predicted molar refractivity (Wildman–Crippen MR) is 121 cm³/mol. The molecule has 5 aromatic rings. The molecule has 12 heteroatoms. The summed E-state index contributed by atoms with van der Waals surface area (Å²) in [6.07, 6.45) is 3.43. The van der Waals surface area contributed by atoms with Crippen LogP contribution in [0.15, 0.2) is 57.5 Å². The van der Waals surface area contributed by atoms with Crippen LogP contribution in [0.2, 0.25) is 5.02 Å². The molecule has 32 heavy (non-hydrogen) atoms. The van der Waals surface area contributed by atoms with Crippen molar-refractivity contribution < 1.29 is 0 Å². The molecule has 4 heterocycles. The molecule has 10 nitrogen and oxygen atoms in total. The van der Waals surface area contributed by atoms with Crippen LogP contribution in [0, 0.1) is 0 Å². The van der Waals surface area contributed by atoms with Crippen molar-refractivity contribution >= 4 is 40.3 Å². The third kappa shape index (κ3) is 3.69. The normalized spacial score (nSPS) is 11.6. The molecule has 0 saturated heterocycles. The molecule has 5 rings (SSSR count). The number of aromatic amines is 1. The van der Waals surface area contributed by atoms with Crippen molar-refractivity contribution in [3.63, 3.8) is 0 Å². The lowest BCUT2D eigenvalue weighted by atomic mass is 10.2. The van der Waals surface area contributed by atoms with Gasteiger partial charge in [-0.3, -0.25) is 14.3 Å². The molecule has 1 aromatic carbocycles. The summed E-state index contributed by atoms with van der Waals surface area (Å²) in [5.74, 6) is 1.58. The molecule has 0 aliphatic heterocycles. The summed E-state index contributed by atoms with van der Waals surface area (Å²) in [6, 6.07) is 8.96. The third-order valence-electron chi connectivity index (χ3n) is 4.96. The number of hydrogen-bond donors (Lipinski definition) is 1. The predicted octanol–water partition coefficient (Wildman–Crippen LogP) is 2.34. The molecule has 0 aliphatic carbocycles. The van der Waals surface area contributed by atoms with Crippen molar-refractivity contribution in [1.82, 2.24) is 38.7 Å². The minimum absolute atomic E-state index is 0.260. The molecule has 0 amide bonds. The first-order valence-corrected chi connectivity index (χ1v) is 11.2. The van der Waals surface area contributed by atoms with Gasteiger partial charge in [-0.1, -0.05) is 35.5 Å². The van der Waals surface area contributed by atoms with Gasteiger partial charge in [-0.15, -0.1) is 5.10 Å². The van der Waals surface area contributed by atoms with Gasteiger partial charge in [-0.05, 0) is 30.7 Å². The van der Waals surface area contributed by atoms with Gasteiger partial charge in [0.2, 0.25) is 5.16 Å². The number of rotatable bonds is 6. The molecule has 4 aromatic heterocycles. The van der Waals surface area contributed by atoms with Gasteiger partial charge in [0, 0.05) is 24.0 Å². The monoisotopic (exact) mass is 468 g/mol. The number of benzene rings is 1. The number of nitrogens with zero attached hydrogens (tertiary/aromatic N) is 7. The lowest BCUT2D eigenvalue weighted by molar-refractivity contribution is 0.736. The number of aromatic nitrogens is 8. The second-order valence-electron chi connectivity index (χ2n) is 6.96. The molecule has 0 fully saturated rings. The molecular formula is C20H17ClN8O2S. The molecule has 0 aliphatic rings. The van der Waals surface area contributed by atoms with Crippen molar-refractivity contribution in [3.05, 3.63) is 80.0 Å². The zero-order valence-electron chi connectivity index (χ0n) is 16.9. The van der Waals surface area contributed by atoms with Gasteiger partial charge in [-0.2, -0.15) is 4.98 Å². The summed E-state index contributed by atoms with van der Waals surface area (Å²) >= 11 is 7.35. The van der Waals surface area contributed by atoms with E-state index in [1.165, 1.54) is 16.3 Å². The Kier molecular flexibility index (Phi) is 5.27. The maximum absolute atomic E-state index is 12.6. The lowest BCUT2D eigenvalue weighted by Gasteiger charge is -2.07. The van der Waals surface area contributed by atoms with E-state index in [1.807, 2.05) is 23.6 Å². The first kappa shape index (κ1) is 20.5. The Bertz CT molecular complexity index is 1520. The Balaban J connectivity index is 1.54. The Morgan fingerprint density at radius 3 is 2.69 bits per heavy atom. The summed E-state index contributed by atoms with van der Waals surface area (Å²) < 4.78 is 4.88. The molecule has 0 atom stereocenters. The van der Waals surface area contributed by atoms with Gasteiger partial charge in [0.15, 0.2) is 11.2 Å². The van der Waals surface area contributed by atoms with E-state index in [9.17, 15) is 9.59 Å². The molecule has 0 saturated carbocycles. The summed E-state index contributed by atoms with van der Waals surface area (Å²) in [4.78, 5) is 40.9. The average Bonchev–Trinajstić information content (AvgIpc) is 3.37. The van der Waals surface area contributed by atoms with Gasteiger partial charge in [-0.25, -0.2) is 19.3 Å². The number of aryl methyl sites for hydroxylation is 1. The van der Waals surface area contributed by atoms with Crippen LogP contribution >= 0.6 is 23.4 Å². The Morgan fingerprint density at radius 1 is 1.12 bits per heavy atom. The molecule has 162 valence electrons. The van der Waals surface area contributed by atoms with E-state index < -0.39 is 11.2 Å². The van der Waals surface area contributed by atoms with Crippen molar-refractivity contribution in [2.75, 3.05) is 0 Å². The first-order valence-electron chi connectivity index (χ1n) is 9.80. The number of thioether (sulfide) groups is 1. The largest absolute Gasteiger partial charge is 0.330 e. The van der Waals surface area contributed by atoms with Gasteiger partial charge < -0.3 is 4.57 Å². The molecule has 0 unspecified atom stereocenters. The second kappa shape index (κ2) is 8.24. The van der Waals surface area contributed by atoms with Crippen LogP contribution < -0.4 is 11.2 Å². The zero-order chi connectivity index (χ0) is 22.2. The van der Waals surface area contributed by atoms with Crippen molar-refractivity contribution in [2.24, 2.45) is 0 Å². The smallest absolute Gasteiger partial charge is 0.322 e. The third-order valence-corrected chi connectivity index (χ3v) is 6.05. The van der Waals surface area contributed by atoms with E-state index in [0.29, 0.717) is 45.2 Å². The summed E-state index contributed by atoms with van der Waals surface area (Å²) in [7, 11) is 0. The van der Waals surface area contributed by atoms with Crippen LogP contribution in [-0.2, 0) is 18.8 Å². The van der Waals surface area contributed by atoms with E-state index in [-0.39, 0.29) is 6.54 Å². The Labute approximate surface area is 189 Å². The van der Waals surface area contributed by atoms with E-state index in [0.717, 1.165) is 5.56 Å². The van der Waals surface area contributed by atoms with E-state index >= 15 is 0 Å². The fourth-order valence-corrected chi connectivity index (χ4v) is 4.39. The number of halogens is 1. The topological polar surface area (TPSA) is 116 Å². The maximum Gasteiger partial charge on any atom is 0.330 e. The van der Waals surface area contributed by atoms with Crippen molar-refractivity contribution in [3.8, 4) is 0 Å². The van der Waals surface area contributed by atoms with Crippen LogP contribution in [0.3, 0.4) is 0 Å². The van der Waals surface area contributed by atoms with Crippen molar-refractivity contribution in [1.29, 1.82) is 0 Å². The van der Waals surface area contributed by atoms with Gasteiger partial charge in [0.1, 0.15) is 5.82 Å². The quantitative estimate of drug-likeness (QED) is 0.380. The Morgan fingerprint density at radius 2 is 1.94 bits per heavy atom. The van der Waals surface area contributed by atoms with Crippen LogP contribution in [0.25, 0.3) is 16.9 Å². The first-order chi connectivity index (χ1) is 15.5. The molecule has 1 N–H and O–H groups in total. The van der Waals surface area contributed by atoms with Crippen LogP contribution in [0.4, 0.5) is 0 Å². The van der Waals surface area contributed by atoms with E-state index in [4.69, 9.17) is 11.6 Å². The molecule has 0 radical (unpaired) electrons. The van der Waals surface area contributed by atoms with E-state index in [1.54, 1.807) is 35.1 Å². The minimum atomic E-state index is -0.509. The highest BCUT2D eigenvalue weighted by Gasteiger charge is 2.19. The number of fused-ring (bicyclic) bond motifs is 2. The van der Waals surface area contributed by atoms with Crippen LogP contribution in [0.5, 0.6) is 0 Å². The van der Waals surface area contributed by atoms with Gasteiger partial charge in [0.25, 0.3) is 11.3 Å². The molecular weight excluding hydrogens is 452 g/mol. The van der Waals surface area contributed by atoms with Crippen molar-refractivity contribution in [2.45, 2.75) is 30.9 Å². The second-order valence-corrected chi connectivity index (χ2v) is 8.34. The highest BCUT2D eigenvalue weighted by Crippen LogP contribution is 2.22.